The summed E-state index contributed by atoms with van der Waals surface area (Å²) in [6.45, 7) is 1.94. The number of thiophene rings is 1. The zero-order valence-electron chi connectivity index (χ0n) is 15.8. The van der Waals surface area contributed by atoms with Crippen LogP contribution in [-0.2, 0) is 4.74 Å². The maximum Gasteiger partial charge on any atom is 0.319 e. The van der Waals surface area contributed by atoms with Crippen molar-refractivity contribution in [2.24, 2.45) is 0 Å². The van der Waals surface area contributed by atoms with Gasteiger partial charge in [-0.3, -0.25) is 0 Å². The quantitative estimate of drug-likeness (QED) is 0.722. The van der Waals surface area contributed by atoms with Crippen LogP contribution in [0.4, 0.5) is 10.5 Å². The molecule has 0 saturated carbocycles. The number of carbonyl (C=O) groups excluding carboxylic acids is 1. The molecule has 3 rings (SSSR count). The van der Waals surface area contributed by atoms with Gasteiger partial charge in [0.2, 0.25) is 0 Å². The summed E-state index contributed by atoms with van der Waals surface area (Å²) >= 11 is 1.69. The first-order valence-corrected chi connectivity index (χ1v) is 10.1. The highest BCUT2D eigenvalue weighted by molar-refractivity contribution is 7.10. The average Bonchev–Trinajstić information content (AvgIpc) is 3.35. The number of carbonyl (C=O) groups is 1. The molecule has 0 aliphatic carbocycles. The lowest BCUT2D eigenvalue weighted by Gasteiger charge is -2.23. The van der Waals surface area contributed by atoms with E-state index in [2.05, 4.69) is 21.6 Å². The van der Waals surface area contributed by atoms with Crippen molar-refractivity contribution in [3.05, 3.63) is 46.7 Å². The maximum atomic E-state index is 12.2. The Kier molecular flexibility index (Phi) is 7.09. The van der Waals surface area contributed by atoms with Crippen LogP contribution in [0.25, 0.3) is 0 Å². The second kappa shape index (κ2) is 9.73. The fraction of sp³-hybridized carbons (Fsp3) is 0.450. The van der Waals surface area contributed by atoms with E-state index in [0.717, 1.165) is 30.9 Å². The molecule has 1 aliphatic heterocycles. The summed E-state index contributed by atoms with van der Waals surface area (Å²) in [6.07, 6.45) is 2.36. The maximum absolute atomic E-state index is 12.2. The molecule has 2 aromatic rings. The third-order valence-corrected chi connectivity index (χ3v) is 5.50. The van der Waals surface area contributed by atoms with Crippen LogP contribution < -0.4 is 15.4 Å². The van der Waals surface area contributed by atoms with Crippen molar-refractivity contribution in [3.63, 3.8) is 0 Å². The molecule has 2 amide bonds. The van der Waals surface area contributed by atoms with Crippen molar-refractivity contribution < 1.29 is 14.3 Å². The number of amides is 2. The van der Waals surface area contributed by atoms with Gasteiger partial charge in [-0.1, -0.05) is 6.07 Å². The van der Waals surface area contributed by atoms with Crippen molar-refractivity contribution in [2.75, 3.05) is 39.2 Å². The van der Waals surface area contributed by atoms with Crippen LogP contribution >= 0.6 is 11.3 Å². The molecule has 2 N–H and O–H groups in total. The van der Waals surface area contributed by atoms with Crippen LogP contribution in [0.15, 0.2) is 41.8 Å². The molecule has 7 heteroatoms. The Morgan fingerprint density at radius 2 is 2.15 bits per heavy atom. The summed E-state index contributed by atoms with van der Waals surface area (Å²) in [5.41, 5.74) is 0.731. The Morgan fingerprint density at radius 3 is 2.78 bits per heavy atom. The van der Waals surface area contributed by atoms with Gasteiger partial charge in [0.05, 0.1) is 12.1 Å². The van der Waals surface area contributed by atoms with Crippen molar-refractivity contribution in [3.8, 4) is 5.75 Å². The first-order chi connectivity index (χ1) is 13.1. The molecule has 2 unspecified atom stereocenters. The number of nitrogens with zero attached hydrogens (tertiary/aromatic N) is 1. The number of benzene rings is 1. The van der Waals surface area contributed by atoms with Gasteiger partial charge in [0.1, 0.15) is 12.4 Å². The van der Waals surface area contributed by atoms with E-state index < -0.39 is 0 Å². The summed E-state index contributed by atoms with van der Waals surface area (Å²) < 4.78 is 11.3. The normalized spacial score (nSPS) is 17.7. The number of hydrogen-bond acceptors (Lipinski definition) is 5. The van der Waals surface area contributed by atoms with Gasteiger partial charge in [-0.25, -0.2) is 4.79 Å². The molecule has 1 aromatic carbocycles. The average molecular weight is 390 g/mol. The van der Waals surface area contributed by atoms with Crippen LogP contribution in [-0.4, -0.2) is 50.9 Å². The van der Waals surface area contributed by atoms with E-state index in [1.807, 2.05) is 49.8 Å². The Hall–Kier alpha value is -2.09. The minimum atomic E-state index is -0.216. The second-order valence-electron chi connectivity index (χ2n) is 6.80. The Labute approximate surface area is 164 Å². The summed E-state index contributed by atoms with van der Waals surface area (Å²) in [4.78, 5) is 15.5. The van der Waals surface area contributed by atoms with Gasteiger partial charge in [0, 0.05) is 23.7 Å². The first-order valence-electron chi connectivity index (χ1n) is 9.21. The molecule has 1 aliphatic rings. The monoisotopic (exact) mass is 389 g/mol. The van der Waals surface area contributed by atoms with Gasteiger partial charge in [-0.2, -0.15) is 0 Å². The number of hydrogen-bond donors (Lipinski definition) is 2. The van der Waals surface area contributed by atoms with E-state index in [4.69, 9.17) is 9.47 Å². The number of nitrogens with one attached hydrogen (secondary N) is 2. The molecule has 0 bridgehead atoms. The molecule has 0 radical (unpaired) electrons. The highest BCUT2D eigenvalue weighted by Gasteiger charge is 2.17. The molecule has 0 spiro atoms. The highest BCUT2D eigenvalue weighted by Crippen LogP contribution is 2.22. The number of urea groups is 1. The van der Waals surface area contributed by atoms with Gasteiger partial charge in [0.25, 0.3) is 0 Å². The van der Waals surface area contributed by atoms with E-state index in [-0.39, 0.29) is 18.2 Å². The lowest BCUT2D eigenvalue weighted by atomic mass is 10.2. The topological polar surface area (TPSA) is 62.8 Å². The number of rotatable bonds is 8. The van der Waals surface area contributed by atoms with Crippen LogP contribution in [0.1, 0.15) is 23.8 Å². The Bertz CT molecular complexity index is 698. The van der Waals surface area contributed by atoms with Gasteiger partial charge < -0.3 is 25.0 Å². The Balaban J connectivity index is 1.44. The third-order valence-electron chi connectivity index (χ3n) is 4.52. The van der Waals surface area contributed by atoms with Gasteiger partial charge in [-0.15, -0.1) is 11.3 Å². The lowest BCUT2D eigenvalue weighted by Crippen LogP contribution is -2.36. The molecule has 1 saturated heterocycles. The van der Waals surface area contributed by atoms with Crippen molar-refractivity contribution >= 4 is 23.1 Å². The fourth-order valence-electron chi connectivity index (χ4n) is 2.98. The largest absolute Gasteiger partial charge is 0.491 e. The zero-order valence-corrected chi connectivity index (χ0v) is 16.6. The lowest BCUT2D eigenvalue weighted by molar-refractivity contribution is 0.0679. The summed E-state index contributed by atoms with van der Waals surface area (Å²) in [6, 6.07) is 11.5. The van der Waals surface area contributed by atoms with Gasteiger partial charge >= 0.3 is 6.03 Å². The second-order valence-corrected chi connectivity index (χ2v) is 7.78. The number of ether oxygens (including phenoxy) is 2. The van der Waals surface area contributed by atoms with Crippen molar-refractivity contribution in [2.45, 2.75) is 25.0 Å². The fourth-order valence-corrected chi connectivity index (χ4v) is 3.91. The first kappa shape index (κ1) is 19.7. The standard InChI is InChI=1S/C20H27N3O3S/c1-23(2)18(19-6-4-12-27-19)13-21-20(24)22-15-7-9-16(10-8-15)26-14-17-5-3-11-25-17/h4,6-10,12,17-18H,3,5,11,13-14H2,1-2H3,(H2,21,22,24). The van der Waals surface area contributed by atoms with Crippen molar-refractivity contribution in [1.29, 1.82) is 0 Å². The Morgan fingerprint density at radius 1 is 1.33 bits per heavy atom. The minimum absolute atomic E-state index is 0.157. The number of likely N-dealkylation sites (N-methyl/N-ethyl adjacent to an activating group) is 1. The summed E-state index contributed by atoms with van der Waals surface area (Å²) in [5, 5.41) is 7.86. The van der Waals surface area contributed by atoms with Crippen LogP contribution in [0.2, 0.25) is 0 Å². The third kappa shape index (κ3) is 5.95. The SMILES string of the molecule is CN(C)C(CNC(=O)Nc1ccc(OCC2CCCO2)cc1)c1cccs1. The molecule has 2 atom stereocenters. The van der Waals surface area contributed by atoms with E-state index in [0.29, 0.717) is 13.2 Å². The van der Waals surface area contributed by atoms with Crippen LogP contribution in [0, 0.1) is 0 Å². The predicted molar refractivity (Wildman–Crippen MR) is 109 cm³/mol. The summed E-state index contributed by atoms with van der Waals surface area (Å²) in [7, 11) is 4.03. The molecule has 6 nitrogen and oxygen atoms in total. The van der Waals surface area contributed by atoms with Crippen molar-refractivity contribution in [1.82, 2.24) is 10.2 Å². The number of anilines is 1. The van der Waals surface area contributed by atoms with E-state index in [9.17, 15) is 4.79 Å². The minimum Gasteiger partial charge on any atom is -0.491 e. The van der Waals surface area contributed by atoms with Gasteiger partial charge in [0.15, 0.2) is 0 Å². The van der Waals surface area contributed by atoms with Crippen LogP contribution in [0.5, 0.6) is 5.75 Å². The van der Waals surface area contributed by atoms with Gasteiger partial charge in [-0.05, 0) is 62.6 Å². The molecule has 1 aromatic heterocycles. The predicted octanol–water partition coefficient (Wildman–Crippen LogP) is 3.73. The zero-order chi connectivity index (χ0) is 19.1. The molecule has 27 heavy (non-hydrogen) atoms. The van der Waals surface area contributed by atoms with E-state index >= 15 is 0 Å². The van der Waals surface area contributed by atoms with Crippen LogP contribution in [0.3, 0.4) is 0 Å². The highest BCUT2D eigenvalue weighted by atomic mass is 32.1. The molecule has 1 fully saturated rings. The van der Waals surface area contributed by atoms with E-state index in [1.165, 1.54) is 4.88 Å². The molecular weight excluding hydrogens is 362 g/mol. The molecule has 146 valence electrons. The summed E-state index contributed by atoms with van der Waals surface area (Å²) in [5.74, 6) is 0.779. The molecule has 2 heterocycles. The van der Waals surface area contributed by atoms with E-state index in [1.54, 1.807) is 11.3 Å². The smallest absolute Gasteiger partial charge is 0.319 e. The molecular formula is C20H27N3O3S.